The summed E-state index contributed by atoms with van der Waals surface area (Å²) in [6, 6.07) is -0.0474. The van der Waals surface area contributed by atoms with Gasteiger partial charge in [-0.15, -0.1) is 0 Å². The molecule has 0 bridgehead atoms. The Labute approximate surface area is 138 Å². The maximum absolute atomic E-state index is 12.6. The van der Waals surface area contributed by atoms with Crippen LogP contribution in [0.4, 0.5) is 19.1 Å². The number of anilines is 1. The van der Waals surface area contributed by atoms with Crippen molar-refractivity contribution in [2.45, 2.75) is 25.6 Å². The molecule has 0 saturated carbocycles. The van der Waals surface area contributed by atoms with E-state index in [1.165, 1.54) is 0 Å². The summed E-state index contributed by atoms with van der Waals surface area (Å²) in [6.07, 6.45) is -1.98. The summed E-state index contributed by atoms with van der Waals surface area (Å²) in [5.41, 5.74) is -0.860. The number of hydrogen-bond acceptors (Lipinski definition) is 5. The van der Waals surface area contributed by atoms with Gasteiger partial charge in [0.15, 0.2) is 0 Å². The highest BCUT2D eigenvalue weighted by atomic mass is 19.4. The van der Waals surface area contributed by atoms with Gasteiger partial charge < -0.3 is 15.1 Å². The van der Waals surface area contributed by atoms with Gasteiger partial charge in [-0.3, -0.25) is 4.79 Å². The van der Waals surface area contributed by atoms with Crippen molar-refractivity contribution < 1.29 is 18.0 Å². The van der Waals surface area contributed by atoms with Crippen LogP contribution in [0.2, 0.25) is 0 Å². The Hall–Kier alpha value is -1.90. The third kappa shape index (κ3) is 3.45. The van der Waals surface area contributed by atoms with E-state index < -0.39 is 11.7 Å². The van der Waals surface area contributed by atoms with Gasteiger partial charge in [0.25, 0.3) is 0 Å². The third-order valence-electron chi connectivity index (χ3n) is 4.57. The Bertz CT molecular complexity index is 586. The Morgan fingerprint density at radius 1 is 1.29 bits per heavy atom. The molecule has 0 unspecified atom stereocenters. The fourth-order valence-corrected chi connectivity index (χ4v) is 3.19. The van der Waals surface area contributed by atoms with Gasteiger partial charge in [0.1, 0.15) is 0 Å². The lowest BCUT2D eigenvalue weighted by Crippen LogP contribution is -2.55. The van der Waals surface area contributed by atoms with E-state index in [1.807, 2.05) is 16.7 Å². The first-order chi connectivity index (χ1) is 11.4. The molecule has 132 valence electrons. The van der Waals surface area contributed by atoms with E-state index >= 15 is 0 Å². The quantitative estimate of drug-likeness (QED) is 0.873. The molecular formula is C15H20F3N5O. The summed E-state index contributed by atoms with van der Waals surface area (Å²) in [5.74, 6) is 0.455. The largest absolute Gasteiger partial charge is 0.419 e. The van der Waals surface area contributed by atoms with E-state index in [2.05, 4.69) is 15.3 Å². The SMILES string of the molecule is C[C@H]1CN(C(=O)[C@@H]2CCNC2)CCN1c1ncc(C(F)(F)F)cn1. The number of piperazine rings is 1. The number of halogens is 3. The first-order valence-electron chi connectivity index (χ1n) is 8.01. The van der Waals surface area contributed by atoms with Gasteiger partial charge in [-0.1, -0.05) is 0 Å². The molecule has 2 aliphatic rings. The fraction of sp³-hybridized carbons (Fsp3) is 0.667. The smallest absolute Gasteiger partial charge is 0.339 e. The average Bonchev–Trinajstić information content (AvgIpc) is 3.08. The summed E-state index contributed by atoms with van der Waals surface area (Å²) in [4.78, 5) is 23.8. The van der Waals surface area contributed by atoms with E-state index in [4.69, 9.17) is 0 Å². The number of amides is 1. The molecule has 2 saturated heterocycles. The van der Waals surface area contributed by atoms with Crippen molar-refractivity contribution in [3.05, 3.63) is 18.0 Å². The van der Waals surface area contributed by atoms with Crippen molar-refractivity contribution in [2.24, 2.45) is 5.92 Å². The van der Waals surface area contributed by atoms with Crippen LogP contribution in [0.15, 0.2) is 12.4 Å². The van der Waals surface area contributed by atoms with E-state index in [0.29, 0.717) is 19.6 Å². The summed E-state index contributed by atoms with van der Waals surface area (Å²) < 4.78 is 37.8. The van der Waals surface area contributed by atoms with Crippen LogP contribution in [-0.2, 0) is 11.0 Å². The minimum Gasteiger partial charge on any atom is -0.339 e. The van der Waals surface area contributed by atoms with Crippen molar-refractivity contribution in [2.75, 3.05) is 37.6 Å². The van der Waals surface area contributed by atoms with Gasteiger partial charge in [0.2, 0.25) is 11.9 Å². The topological polar surface area (TPSA) is 61.4 Å². The number of carbonyl (C=O) groups excluding carboxylic acids is 1. The fourth-order valence-electron chi connectivity index (χ4n) is 3.19. The summed E-state index contributed by atoms with van der Waals surface area (Å²) in [5, 5.41) is 3.19. The molecule has 24 heavy (non-hydrogen) atoms. The van der Waals surface area contributed by atoms with E-state index in [1.54, 1.807) is 0 Å². The molecule has 0 aliphatic carbocycles. The van der Waals surface area contributed by atoms with Crippen molar-refractivity contribution in [1.82, 2.24) is 20.2 Å². The zero-order chi connectivity index (χ0) is 17.3. The zero-order valence-corrected chi connectivity index (χ0v) is 13.4. The Kier molecular flexibility index (Phi) is 4.62. The average molecular weight is 343 g/mol. The molecule has 1 aromatic rings. The molecule has 1 N–H and O–H groups in total. The molecule has 6 nitrogen and oxygen atoms in total. The van der Waals surface area contributed by atoms with Gasteiger partial charge in [0.05, 0.1) is 11.5 Å². The minimum atomic E-state index is -4.44. The van der Waals surface area contributed by atoms with Gasteiger partial charge in [-0.25, -0.2) is 9.97 Å². The Morgan fingerprint density at radius 3 is 2.54 bits per heavy atom. The van der Waals surface area contributed by atoms with Crippen LogP contribution in [0.3, 0.4) is 0 Å². The van der Waals surface area contributed by atoms with Gasteiger partial charge in [-0.2, -0.15) is 13.2 Å². The highest BCUT2D eigenvalue weighted by molar-refractivity contribution is 5.79. The minimum absolute atomic E-state index is 0.0334. The van der Waals surface area contributed by atoms with Gasteiger partial charge in [0, 0.05) is 44.6 Å². The van der Waals surface area contributed by atoms with E-state index in [-0.39, 0.29) is 23.8 Å². The van der Waals surface area contributed by atoms with Crippen LogP contribution in [-0.4, -0.2) is 59.5 Å². The van der Waals surface area contributed by atoms with Gasteiger partial charge in [-0.05, 0) is 19.9 Å². The molecule has 2 atom stereocenters. The Balaban J connectivity index is 1.64. The lowest BCUT2D eigenvalue weighted by atomic mass is 10.1. The highest BCUT2D eigenvalue weighted by Gasteiger charge is 2.34. The molecule has 0 radical (unpaired) electrons. The normalized spacial score (nSPS) is 25.2. The maximum atomic E-state index is 12.6. The van der Waals surface area contributed by atoms with Crippen LogP contribution in [0.1, 0.15) is 18.9 Å². The lowest BCUT2D eigenvalue weighted by molar-refractivity contribution is -0.138. The molecule has 3 heterocycles. The van der Waals surface area contributed by atoms with Crippen molar-refractivity contribution >= 4 is 11.9 Å². The molecule has 2 aliphatic heterocycles. The number of aromatic nitrogens is 2. The second kappa shape index (κ2) is 6.54. The lowest BCUT2D eigenvalue weighted by Gasteiger charge is -2.40. The molecule has 0 spiro atoms. The van der Waals surface area contributed by atoms with Crippen LogP contribution in [0.5, 0.6) is 0 Å². The first-order valence-corrected chi connectivity index (χ1v) is 8.01. The Morgan fingerprint density at radius 2 is 2.00 bits per heavy atom. The first kappa shape index (κ1) is 16.9. The second-order valence-corrected chi connectivity index (χ2v) is 6.29. The van der Waals surface area contributed by atoms with Crippen molar-refractivity contribution in [1.29, 1.82) is 0 Å². The molecular weight excluding hydrogens is 323 g/mol. The van der Waals surface area contributed by atoms with Gasteiger partial charge >= 0.3 is 6.18 Å². The molecule has 9 heteroatoms. The summed E-state index contributed by atoms with van der Waals surface area (Å²) >= 11 is 0. The number of nitrogens with one attached hydrogen (secondary N) is 1. The number of alkyl halides is 3. The predicted octanol–water partition coefficient (Wildman–Crippen LogP) is 1.14. The van der Waals surface area contributed by atoms with Crippen molar-refractivity contribution in [3.8, 4) is 0 Å². The number of rotatable bonds is 2. The van der Waals surface area contributed by atoms with E-state index in [0.717, 1.165) is 31.9 Å². The highest BCUT2D eigenvalue weighted by Crippen LogP contribution is 2.29. The van der Waals surface area contributed by atoms with Crippen LogP contribution in [0, 0.1) is 5.92 Å². The van der Waals surface area contributed by atoms with Crippen molar-refractivity contribution in [3.63, 3.8) is 0 Å². The standard InChI is InChI=1S/C15H20F3N5O/c1-10-9-22(13(24)11-2-3-19-6-11)4-5-23(10)14-20-7-12(8-21-14)15(16,17)18/h7-8,10-11,19H,2-6,9H2,1H3/t10-,11+/m0/s1. The summed E-state index contributed by atoms with van der Waals surface area (Å²) in [6.45, 7) is 5.08. The number of hydrogen-bond donors (Lipinski definition) is 1. The predicted molar refractivity (Wildman–Crippen MR) is 81.4 cm³/mol. The zero-order valence-electron chi connectivity index (χ0n) is 13.4. The van der Waals surface area contributed by atoms with Crippen LogP contribution in [0.25, 0.3) is 0 Å². The molecule has 1 amide bonds. The molecule has 3 rings (SSSR count). The monoisotopic (exact) mass is 343 g/mol. The molecule has 1 aromatic heterocycles. The number of carbonyl (C=O) groups is 1. The summed E-state index contributed by atoms with van der Waals surface area (Å²) in [7, 11) is 0. The van der Waals surface area contributed by atoms with Crippen LogP contribution < -0.4 is 10.2 Å². The molecule has 2 fully saturated rings. The maximum Gasteiger partial charge on any atom is 0.419 e. The second-order valence-electron chi connectivity index (χ2n) is 6.29. The third-order valence-corrected chi connectivity index (χ3v) is 4.57. The molecule has 0 aromatic carbocycles. The van der Waals surface area contributed by atoms with E-state index in [9.17, 15) is 18.0 Å². The van der Waals surface area contributed by atoms with Crippen LogP contribution >= 0.6 is 0 Å². The number of nitrogens with zero attached hydrogens (tertiary/aromatic N) is 4.